The second-order valence-electron chi connectivity index (χ2n) is 4.02. The molecule has 0 amide bonds. The monoisotopic (exact) mass is 277 g/mol. The molecule has 0 radical (unpaired) electrons. The average molecular weight is 277 g/mol. The van der Waals surface area contributed by atoms with Crippen molar-refractivity contribution >= 4 is 22.4 Å². The normalized spacial score (nSPS) is 10.2. The first kappa shape index (κ1) is 13.5. The number of aromatic nitrogens is 2. The highest BCUT2D eigenvalue weighted by molar-refractivity contribution is 7.13. The van der Waals surface area contributed by atoms with E-state index in [4.69, 9.17) is 0 Å². The Hall–Kier alpha value is -1.95. The third-order valence-electron chi connectivity index (χ3n) is 2.63. The third-order valence-corrected chi connectivity index (χ3v) is 3.48. The van der Waals surface area contributed by atoms with Crippen LogP contribution in [-0.2, 0) is 22.5 Å². The molecule has 0 aliphatic rings. The molecule has 2 aromatic heterocycles. The number of hydrogen-bond acceptors (Lipinski definition) is 6. The van der Waals surface area contributed by atoms with Crippen molar-refractivity contribution in [2.24, 2.45) is 0 Å². The smallest absolute Gasteiger partial charge is 0.311 e. The van der Waals surface area contributed by atoms with Crippen molar-refractivity contribution in [1.29, 1.82) is 0 Å². The number of rotatable bonds is 5. The fourth-order valence-corrected chi connectivity index (χ4v) is 2.26. The summed E-state index contributed by atoms with van der Waals surface area (Å²) in [7, 11) is 1.37. The molecule has 0 aliphatic heterocycles. The molecule has 2 heterocycles. The molecule has 0 saturated heterocycles. The maximum atomic E-state index is 11.1. The number of ether oxygens (including phenoxy) is 1. The fourth-order valence-electron chi connectivity index (χ4n) is 1.55. The Balaban J connectivity index is 1.94. The molecule has 19 heavy (non-hydrogen) atoms. The molecule has 6 heteroatoms. The van der Waals surface area contributed by atoms with Gasteiger partial charge in [0.15, 0.2) is 5.13 Å². The van der Waals surface area contributed by atoms with Gasteiger partial charge in [0.2, 0.25) is 0 Å². The first-order valence-corrected chi connectivity index (χ1v) is 6.72. The van der Waals surface area contributed by atoms with E-state index in [-0.39, 0.29) is 12.4 Å². The maximum absolute atomic E-state index is 11.1. The highest BCUT2D eigenvalue weighted by Gasteiger charge is 2.07. The van der Waals surface area contributed by atoms with Gasteiger partial charge in [-0.25, -0.2) is 4.98 Å². The highest BCUT2D eigenvalue weighted by Crippen LogP contribution is 2.17. The van der Waals surface area contributed by atoms with Crippen LogP contribution in [0.5, 0.6) is 0 Å². The zero-order valence-corrected chi connectivity index (χ0v) is 11.7. The summed E-state index contributed by atoms with van der Waals surface area (Å²) in [6.07, 6.45) is 1.98. The molecule has 1 N–H and O–H groups in total. The van der Waals surface area contributed by atoms with Crippen LogP contribution in [0.1, 0.15) is 17.0 Å². The lowest BCUT2D eigenvalue weighted by Crippen LogP contribution is -2.06. The summed E-state index contributed by atoms with van der Waals surface area (Å²) in [4.78, 5) is 19.8. The summed E-state index contributed by atoms with van der Waals surface area (Å²) >= 11 is 1.47. The Bertz CT molecular complexity index is 569. The molecule has 0 aromatic carbocycles. The van der Waals surface area contributed by atoms with Crippen LogP contribution >= 0.6 is 11.3 Å². The number of carbonyl (C=O) groups is 1. The first-order valence-electron chi connectivity index (χ1n) is 5.84. The van der Waals surface area contributed by atoms with Crippen LogP contribution in [0.3, 0.4) is 0 Å². The average Bonchev–Trinajstić information content (AvgIpc) is 2.85. The van der Waals surface area contributed by atoms with Crippen molar-refractivity contribution in [2.75, 3.05) is 12.4 Å². The number of methoxy groups -OCH3 is 1. The highest BCUT2D eigenvalue weighted by atomic mass is 32.1. The summed E-state index contributed by atoms with van der Waals surface area (Å²) in [5.74, 6) is -0.280. The Morgan fingerprint density at radius 3 is 3.11 bits per heavy atom. The molecule has 0 spiro atoms. The van der Waals surface area contributed by atoms with Gasteiger partial charge >= 0.3 is 5.97 Å². The molecular formula is C13H15N3O2S. The number of anilines is 1. The molecule has 0 fully saturated rings. The minimum Gasteiger partial charge on any atom is -0.469 e. The van der Waals surface area contributed by atoms with E-state index >= 15 is 0 Å². The van der Waals surface area contributed by atoms with Crippen LogP contribution in [-0.4, -0.2) is 23.0 Å². The van der Waals surface area contributed by atoms with Gasteiger partial charge in [0, 0.05) is 11.6 Å². The van der Waals surface area contributed by atoms with Crippen molar-refractivity contribution in [1.82, 2.24) is 9.97 Å². The third kappa shape index (κ3) is 3.75. The molecular weight excluding hydrogens is 262 g/mol. The van der Waals surface area contributed by atoms with E-state index in [1.807, 2.05) is 24.4 Å². The zero-order valence-electron chi connectivity index (χ0n) is 10.8. The Kier molecular flexibility index (Phi) is 4.46. The summed E-state index contributed by atoms with van der Waals surface area (Å²) in [6.45, 7) is 2.65. The number of pyridine rings is 1. The van der Waals surface area contributed by atoms with Crippen molar-refractivity contribution in [3.05, 3.63) is 40.7 Å². The second-order valence-corrected chi connectivity index (χ2v) is 4.88. The summed E-state index contributed by atoms with van der Waals surface area (Å²) < 4.78 is 4.60. The molecule has 0 bridgehead atoms. The standard InChI is InChI=1S/C13H15N3O2S/c1-9-4-3-5-14-11(9)7-15-13-16-10(8-19-13)6-12(17)18-2/h3-5,8H,6-7H2,1-2H3,(H,15,16). The number of carbonyl (C=O) groups excluding carboxylic acids is 1. The number of aryl methyl sites for hydroxylation is 1. The van der Waals surface area contributed by atoms with Gasteiger partial charge in [0.05, 0.1) is 31.5 Å². The molecule has 0 unspecified atom stereocenters. The minimum absolute atomic E-state index is 0.206. The lowest BCUT2D eigenvalue weighted by atomic mass is 10.2. The van der Waals surface area contributed by atoms with Gasteiger partial charge in [-0.1, -0.05) is 6.07 Å². The maximum Gasteiger partial charge on any atom is 0.311 e. The molecule has 0 saturated carbocycles. The number of nitrogens with one attached hydrogen (secondary N) is 1. The summed E-state index contributed by atoms with van der Waals surface area (Å²) in [5.41, 5.74) is 2.85. The predicted molar refractivity (Wildman–Crippen MR) is 74.1 cm³/mol. The van der Waals surface area contributed by atoms with Crippen LogP contribution in [0.15, 0.2) is 23.7 Å². The van der Waals surface area contributed by atoms with E-state index in [9.17, 15) is 4.79 Å². The number of esters is 1. The lowest BCUT2D eigenvalue weighted by Gasteiger charge is -2.04. The molecule has 0 atom stereocenters. The molecule has 100 valence electrons. The predicted octanol–water partition coefficient (Wildman–Crippen LogP) is 2.17. The topological polar surface area (TPSA) is 64.1 Å². The van der Waals surface area contributed by atoms with Crippen LogP contribution in [0.2, 0.25) is 0 Å². The molecule has 2 aromatic rings. The van der Waals surface area contributed by atoms with E-state index in [0.29, 0.717) is 6.54 Å². The van der Waals surface area contributed by atoms with Gasteiger partial charge in [-0.3, -0.25) is 9.78 Å². The van der Waals surface area contributed by atoms with E-state index in [1.54, 1.807) is 6.20 Å². The Morgan fingerprint density at radius 2 is 2.37 bits per heavy atom. The van der Waals surface area contributed by atoms with Crippen LogP contribution in [0.25, 0.3) is 0 Å². The van der Waals surface area contributed by atoms with Crippen LogP contribution in [0.4, 0.5) is 5.13 Å². The number of thiazole rings is 1. The fraction of sp³-hybridized carbons (Fsp3) is 0.308. The largest absolute Gasteiger partial charge is 0.469 e. The lowest BCUT2D eigenvalue weighted by molar-refractivity contribution is -0.139. The van der Waals surface area contributed by atoms with Gasteiger partial charge in [-0.15, -0.1) is 11.3 Å². The van der Waals surface area contributed by atoms with Gasteiger partial charge < -0.3 is 10.1 Å². The van der Waals surface area contributed by atoms with Crippen LogP contribution < -0.4 is 5.32 Å². The second kappa shape index (κ2) is 6.29. The Morgan fingerprint density at radius 1 is 1.53 bits per heavy atom. The molecule has 5 nitrogen and oxygen atoms in total. The van der Waals surface area contributed by atoms with E-state index in [0.717, 1.165) is 22.1 Å². The van der Waals surface area contributed by atoms with Gasteiger partial charge in [-0.2, -0.15) is 0 Å². The molecule has 2 rings (SSSR count). The van der Waals surface area contributed by atoms with Gasteiger partial charge in [0.1, 0.15) is 0 Å². The van der Waals surface area contributed by atoms with Crippen molar-refractivity contribution in [2.45, 2.75) is 19.9 Å². The van der Waals surface area contributed by atoms with Gasteiger partial charge in [0.25, 0.3) is 0 Å². The zero-order chi connectivity index (χ0) is 13.7. The van der Waals surface area contributed by atoms with E-state index < -0.39 is 0 Å². The number of nitrogens with zero attached hydrogens (tertiary/aromatic N) is 2. The van der Waals surface area contributed by atoms with Crippen molar-refractivity contribution in [3.8, 4) is 0 Å². The van der Waals surface area contributed by atoms with Crippen LogP contribution in [0, 0.1) is 6.92 Å². The first-order chi connectivity index (χ1) is 9.19. The van der Waals surface area contributed by atoms with E-state index in [2.05, 4.69) is 20.0 Å². The SMILES string of the molecule is COC(=O)Cc1csc(NCc2ncccc2C)n1. The number of hydrogen-bond donors (Lipinski definition) is 1. The Labute approximate surface area is 115 Å². The minimum atomic E-state index is -0.280. The summed E-state index contributed by atoms with van der Waals surface area (Å²) in [6, 6.07) is 3.94. The summed E-state index contributed by atoms with van der Waals surface area (Å²) in [5, 5.41) is 5.84. The van der Waals surface area contributed by atoms with E-state index in [1.165, 1.54) is 18.4 Å². The van der Waals surface area contributed by atoms with Crippen molar-refractivity contribution < 1.29 is 9.53 Å². The van der Waals surface area contributed by atoms with Gasteiger partial charge in [-0.05, 0) is 18.6 Å². The quantitative estimate of drug-likeness (QED) is 0.849. The van der Waals surface area contributed by atoms with Crippen molar-refractivity contribution in [3.63, 3.8) is 0 Å². The molecule has 0 aliphatic carbocycles.